The fourth-order valence-electron chi connectivity index (χ4n) is 3.60. The number of hydrogen-bond acceptors (Lipinski definition) is 5. The van der Waals surface area contributed by atoms with Crippen molar-refractivity contribution < 1.29 is 0 Å². The lowest BCUT2D eigenvalue weighted by molar-refractivity contribution is 0.614. The summed E-state index contributed by atoms with van der Waals surface area (Å²) in [6.45, 7) is 4.05. The first-order chi connectivity index (χ1) is 13.1. The maximum atomic E-state index is 9.26. The van der Waals surface area contributed by atoms with Crippen molar-refractivity contribution in [2.75, 3.05) is 5.73 Å². The molecule has 1 saturated heterocycles. The third kappa shape index (κ3) is 3.52. The van der Waals surface area contributed by atoms with Crippen LogP contribution >= 0.6 is 11.6 Å². The van der Waals surface area contributed by atoms with Crippen molar-refractivity contribution in [3.8, 4) is 17.1 Å². The van der Waals surface area contributed by atoms with E-state index in [1.54, 1.807) is 21.6 Å². The molecule has 0 bridgehead atoms. The van der Waals surface area contributed by atoms with Crippen molar-refractivity contribution in [3.05, 3.63) is 29.3 Å². The van der Waals surface area contributed by atoms with Crippen LogP contribution in [0.4, 0.5) is 5.82 Å². The van der Waals surface area contributed by atoms with Crippen molar-refractivity contribution in [2.45, 2.75) is 45.2 Å². The minimum Gasteiger partial charge on any atom is -0.382 e. The van der Waals surface area contributed by atoms with Gasteiger partial charge in [0, 0.05) is 30.3 Å². The van der Waals surface area contributed by atoms with Crippen LogP contribution in [0.1, 0.15) is 38.3 Å². The van der Waals surface area contributed by atoms with Crippen molar-refractivity contribution in [1.29, 1.82) is 5.26 Å². The van der Waals surface area contributed by atoms with E-state index in [1.807, 2.05) is 27.1 Å². The number of nitrogens with zero attached hydrogens (tertiary/aromatic N) is 6. The molecule has 0 aliphatic carbocycles. The molecule has 140 valence electrons. The molecule has 7 nitrogen and oxygen atoms in total. The average Bonchev–Trinajstić information content (AvgIpc) is 3.32. The van der Waals surface area contributed by atoms with Crippen LogP contribution in [0.3, 0.4) is 0 Å². The molecule has 0 radical (unpaired) electrons. The van der Waals surface area contributed by atoms with E-state index in [0.29, 0.717) is 16.5 Å². The summed E-state index contributed by atoms with van der Waals surface area (Å²) in [7, 11) is 1.86. The summed E-state index contributed by atoms with van der Waals surface area (Å²) < 4.78 is 3.30. The van der Waals surface area contributed by atoms with Crippen LogP contribution in [-0.4, -0.2) is 31.1 Å². The van der Waals surface area contributed by atoms with E-state index < -0.39 is 0 Å². The monoisotopic (exact) mass is 383 g/mol. The number of aryl methyl sites for hydroxylation is 1. The van der Waals surface area contributed by atoms with Crippen molar-refractivity contribution in [3.63, 3.8) is 0 Å². The van der Waals surface area contributed by atoms with E-state index in [1.165, 1.54) is 0 Å². The quantitative estimate of drug-likeness (QED) is 0.678. The SMILES string of the molecule is CC.Cn1cc(-c2cnn3c(N)c(Cl)c(C4CCCB(C#N)C4)nc23)cn1. The Morgan fingerprint density at radius 2 is 2.11 bits per heavy atom. The van der Waals surface area contributed by atoms with Gasteiger partial charge in [-0.15, -0.1) is 0 Å². The van der Waals surface area contributed by atoms with Gasteiger partial charge in [0.2, 0.25) is 0 Å². The van der Waals surface area contributed by atoms with Crippen molar-refractivity contribution >= 4 is 29.8 Å². The highest BCUT2D eigenvalue weighted by atomic mass is 35.5. The summed E-state index contributed by atoms with van der Waals surface area (Å²) in [5.41, 5.74) is 9.47. The molecule has 1 unspecified atom stereocenters. The smallest absolute Gasteiger partial charge is 0.268 e. The molecule has 0 amide bonds. The highest BCUT2D eigenvalue weighted by molar-refractivity contribution is 6.67. The number of nitrogens with two attached hydrogens (primary N) is 1. The van der Waals surface area contributed by atoms with Gasteiger partial charge in [0.1, 0.15) is 10.8 Å². The van der Waals surface area contributed by atoms with Crippen molar-refractivity contribution in [1.82, 2.24) is 24.4 Å². The largest absolute Gasteiger partial charge is 0.382 e. The molecule has 0 aromatic carbocycles. The average molecular weight is 384 g/mol. The molecule has 1 atom stereocenters. The van der Waals surface area contributed by atoms with E-state index >= 15 is 0 Å². The molecule has 4 rings (SSSR count). The first kappa shape index (κ1) is 19.2. The number of anilines is 1. The Morgan fingerprint density at radius 1 is 1.33 bits per heavy atom. The number of aromatic nitrogens is 5. The molecular formula is C18H23BClN7. The summed E-state index contributed by atoms with van der Waals surface area (Å²) in [6.07, 6.45) is 9.10. The summed E-state index contributed by atoms with van der Waals surface area (Å²) in [5, 5.41) is 18.3. The topological polar surface area (TPSA) is 97.8 Å². The standard InChI is InChI=1S/C16H17BClN7.C2H6/c1-24-8-11(6-21-24)12-7-22-25-15(20)13(18)14(23-16(12)25)10-3-2-4-17(5-10)9-19;1-2/h6-8,10H,2-5,20H2,1H3;1-2H3. The first-order valence-corrected chi connectivity index (χ1v) is 9.67. The third-order valence-corrected chi connectivity index (χ3v) is 5.29. The summed E-state index contributed by atoms with van der Waals surface area (Å²) >= 11 is 6.51. The Hall–Kier alpha value is -2.53. The molecule has 3 aromatic heterocycles. The Bertz CT molecular complexity index is 988. The molecule has 3 aromatic rings. The summed E-state index contributed by atoms with van der Waals surface area (Å²) in [4.78, 5) is 4.82. The lowest BCUT2D eigenvalue weighted by Crippen LogP contribution is -2.21. The van der Waals surface area contributed by atoms with Gasteiger partial charge in [-0.05, 0) is 12.3 Å². The fourth-order valence-corrected chi connectivity index (χ4v) is 3.88. The Kier molecular flexibility index (Phi) is 5.71. The van der Waals surface area contributed by atoms with Crippen LogP contribution < -0.4 is 5.73 Å². The second kappa shape index (κ2) is 8.01. The Labute approximate surface area is 164 Å². The minimum atomic E-state index is 0.0526. The highest BCUT2D eigenvalue weighted by Crippen LogP contribution is 2.39. The molecule has 1 aliphatic rings. The number of fused-ring (bicyclic) bond motifs is 1. The maximum absolute atomic E-state index is 9.26. The van der Waals surface area contributed by atoms with Crippen LogP contribution in [0.2, 0.25) is 17.7 Å². The van der Waals surface area contributed by atoms with E-state index in [2.05, 4.69) is 16.2 Å². The van der Waals surface area contributed by atoms with E-state index in [9.17, 15) is 5.26 Å². The molecule has 4 heterocycles. The second-order valence-electron chi connectivity index (χ2n) is 6.58. The molecule has 9 heteroatoms. The van der Waals surface area contributed by atoms with E-state index in [0.717, 1.165) is 42.3 Å². The predicted molar refractivity (Wildman–Crippen MR) is 109 cm³/mol. The van der Waals surface area contributed by atoms with Gasteiger partial charge in [-0.2, -0.15) is 14.7 Å². The predicted octanol–water partition coefficient (Wildman–Crippen LogP) is 3.83. The van der Waals surface area contributed by atoms with E-state index in [-0.39, 0.29) is 12.6 Å². The number of hydrogen-bond donors (Lipinski definition) is 1. The third-order valence-electron chi connectivity index (χ3n) is 4.91. The molecule has 1 aliphatic heterocycles. The summed E-state index contributed by atoms with van der Waals surface area (Å²) in [6, 6.07) is 0. The minimum absolute atomic E-state index is 0.0526. The van der Waals surface area contributed by atoms with Gasteiger partial charge in [-0.25, -0.2) is 10.2 Å². The highest BCUT2D eigenvalue weighted by Gasteiger charge is 2.30. The molecule has 0 saturated carbocycles. The van der Waals surface area contributed by atoms with Crippen LogP contribution in [0.5, 0.6) is 0 Å². The lowest BCUT2D eigenvalue weighted by Gasteiger charge is -2.24. The maximum Gasteiger partial charge on any atom is 0.268 e. The van der Waals surface area contributed by atoms with Crippen LogP contribution in [0.25, 0.3) is 16.8 Å². The second-order valence-corrected chi connectivity index (χ2v) is 6.96. The van der Waals surface area contributed by atoms with Gasteiger partial charge in [-0.3, -0.25) is 4.68 Å². The van der Waals surface area contributed by atoms with Gasteiger partial charge in [-0.1, -0.05) is 44.5 Å². The van der Waals surface area contributed by atoms with E-state index in [4.69, 9.17) is 22.3 Å². The Balaban J connectivity index is 0.00000102. The zero-order valence-corrected chi connectivity index (χ0v) is 16.6. The van der Waals surface area contributed by atoms with Gasteiger partial charge in [0.15, 0.2) is 5.65 Å². The summed E-state index contributed by atoms with van der Waals surface area (Å²) in [5.74, 6) is 2.91. The number of nitriles is 1. The van der Waals surface area contributed by atoms with Crippen LogP contribution in [0.15, 0.2) is 18.6 Å². The van der Waals surface area contributed by atoms with Gasteiger partial charge >= 0.3 is 0 Å². The zero-order valence-electron chi connectivity index (χ0n) is 15.9. The van der Waals surface area contributed by atoms with Gasteiger partial charge in [0.05, 0.1) is 18.1 Å². The molecule has 1 fully saturated rings. The fraction of sp³-hybridized carbons (Fsp3) is 0.444. The number of nitrogen functional groups attached to an aromatic ring is 1. The van der Waals surface area contributed by atoms with Gasteiger partial charge in [0.25, 0.3) is 6.71 Å². The molecule has 0 spiro atoms. The molecular weight excluding hydrogens is 361 g/mol. The molecule has 27 heavy (non-hydrogen) atoms. The first-order valence-electron chi connectivity index (χ1n) is 9.29. The lowest BCUT2D eigenvalue weighted by atomic mass is 9.41. The molecule has 2 N–H and O–H groups in total. The van der Waals surface area contributed by atoms with Crippen LogP contribution in [-0.2, 0) is 7.05 Å². The Morgan fingerprint density at radius 3 is 2.78 bits per heavy atom. The van der Waals surface area contributed by atoms with Gasteiger partial charge < -0.3 is 5.73 Å². The van der Waals surface area contributed by atoms with Crippen LogP contribution in [0, 0.1) is 11.2 Å². The zero-order chi connectivity index (χ0) is 19.6. The normalized spacial score (nSPS) is 16.7. The van der Waals surface area contributed by atoms with Crippen molar-refractivity contribution in [2.24, 2.45) is 7.05 Å². The number of halogens is 1. The number of rotatable bonds is 2.